The molecule has 3 aliphatic carbocycles. The molecule has 3 saturated carbocycles. The largest absolute Gasteiger partial charge is 0.303 e. The molecule has 3 atom stereocenters. The quantitative estimate of drug-likeness (QED) is 0.255. The molecule has 0 bridgehead atoms. The van der Waals surface area contributed by atoms with Gasteiger partial charge in [0.15, 0.2) is 5.78 Å². The molecule has 0 aromatic heterocycles. The van der Waals surface area contributed by atoms with Gasteiger partial charge in [-0.2, -0.15) is 15.3 Å². The topological polar surface area (TPSA) is 143 Å². The summed E-state index contributed by atoms with van der Waals surface area (Å²) in [5.74, 6) is -0.480. The molecule has 0 aliphatic heterocycles. The van der Waals surface area contributed by atoms with E-state index < -0.39 is 22.5 Å². The summed E-state index contributed by atoms with van der Waals surface area (Å²) in [5.41, 5.74) is 22.0. The van der Waals surface area contributed by atoms with Gasteiger partial charge in [-0.05, 0) is 55.9 Å². The molecule has 0 heterocycles. The van der Waals surface area contributed by atoms with E-state index in [0.29, 0.717) is 25.7 Å². The number of carbonyl (C=O) groups excluding carboxylic acids is 2. The molecule has 35 heavy (non-hydrogen) atoms. The Kier molecular flexibility index (Phi) is 7.11. The number of rotatable bonds is 9. The van der Waals surface area contributed by atoms with Crippen LogP contribution in [0.25, 0.3) is 0 Å². The summed E-state index contributed by atoms with van der Waals surface area (Å²) in [4.78, 5) is 26.5. The minimum Gasteiger partial charge on any atom is -0.303 e. The smallest absolute Gasteiger partial charge is 0.168 e. The third-order valence-corrected chi connectivity index (χ3v) is 9.82. The summed E-state index contributed by atoms with van der Waals surface area (Å²) in [5, 5.41) is 12.0. The lowest BCUT2D eigenvalue weighted by Gasteiger charge is -2.53. The Balaban J connectivity index is 1.74. The summed E-state index contributed by atoms with van der Waals surface area (Å²) in [6, 6.07) is 8.66. The van der Waals surface area contributed by atoms with Gasteiger partial charge in [0.1, 0.15) is 17.9 Å². The van der Waals surface area contributed by atoms with Gasteiger partial charge in [0.05, 0.1) is 11.0 Å². The van der Waals surface area contributed by atoms with Crippen LogP contribution < -0.4 is 0 Å². The second-order valence-corrected chi connectivity index (χ2v) is 11.1. The molecule has 0 radical (unpaired) electrons. The summed E-state index contributed by atoms with van der Waals surface area (Å²) in [6.45, 7) is 2.16. The molecule has 4 rings (SSSR count). The lowest BCUT2D eigenvalue weighted by molar-refractivity contribution is -0.134. The number of benzene rings is 1. The van der Waals surface area contributed by atoms with Crippen molar-refractivity contribution in [2.45, 2.75) is 101 Å². The Morgan fingerprint density at radius 1 is 0.971 bits per heavy atom. The van der Waals surface area contributed by atoms with Crippen LogP contribution in [-0.4, -0.2) is 23.7 Å². The Labute approximate surface area is 207 Å². The highest BCUT2D eigenvalue weighted by atomic mass is 16.1. The van der Waals surface area contributed by atoms with Crippen LogP contribution in [-0.2, 0) is 15.1 Å². The first-order chi connectivity index (χ1) is 16.9. The number of nitrogens with zero attached hydrogens (tertiary/aromatic N) is 3. The number of carbonyl (C=O) groups is 2. The van der Waals surface area contributed by atoms with Gasteiger partial charge in [0, 0.05) is 12.3 Å². The minimum atomic E-state index is -1.09. The minimum absolute atomic E-state index is 0.130. The summed E-state index contributed by atoms with van der Waals surface area (Å²) >= 11 is 0. The maximum atomic E-state index is 13.8. The maximum Gasteiger partial charge on any atom is 0.168 e. The van der Waals surface area contributed by atoms with Crippen LogP contribution in [0, 0.1) is 33.3 Å². The van der Waals surface area contributed by atoms with Crippen molar-refractivity contribution in [3.63, 3.8) is 0 Å². The number of nitrogens with one attached hydrogen (secondary N) is 3. The zero-order chi connectivity index (χ0) is 25.2. The van der Waals surface area contributed by atoms with Gasteiger partial charge in [-0.1, -0.05) is 62.9 Å². The van der Waals surface area contributed by atoms with E-state index in [4.69, 9.17) is 16.6 Å². The predicted octanol–water partition coefficient (Wildman–Crippen LogP) is 7.18. The van der Waals surface area contributed by atoms with Crippen molar-refractivity contribution in [2.75, 3.05) is 0 Å². The highest BCUT2D eigenvalue weighted by Gasteiger charge is 2.68. The van der Waals surface area contributed by atoms with Gasteiger partial charge >= 0.3 is 0 Å². The van der Waals surface area contributed by atoms with Gasteiger partial charge in [0.25, 0.3) is 0 Å². The number of hydrogen-bond acceptors (Lipinski definition) is 8. The van der Waals surface area contributed by atoms with Gasteiger partial charge in [-0.15, -0.1) is 0 Å². The molecule has 3 N–H and O–H groups in total. The van der Waals surface area contributed by atoms with E-state index in [0.717, 1.165) is 50.4 Å². The second-order valence-electron chi connectivity index (χ2n) is 11.1. The summed E-state index contributed by atoms with van der Waals surface area (Å²) < 4.78 is 0. The molecule has 1 aromatic carbocycles. The highest BCUT2D eigenvalue weighted by molar-refractivity contribution is 5.94. The lowest BCUT2D eigenvalue weighted by Crippen LogP contribution is -2.55. The SMILES string of the molecule is CCCC1(C(C=O)C2(N=N)CCC3(CC2)C(=O)C(N=N)CC3(N=N)c2ccccc2)CCCCC1. The van der Waals surface area contributed by atoms with Crippen LogP contribution in [0.15, 0.2) is 45.7 Å². The van der Waals surface area contributed by atoms with E-state index in [2.05, 4.69) is 22.3 Å². The van der Waals surface area contributed by atoms with Gasteiger partial charge < -0.3 is 4.79 Å². The average Bonchev–Trinajstić information content (AvgIpc) is 3.15. The van der Waals surface area contributed by atoms with Crippen LogP contribution in [0.3, 0.4) is 0 Å². The molecule has 0 saturated heterocycles. The molecule has 8 heteroatoms. The molecule has 3 unspecified atom stereocenters. The van der Waals surface area contributed by atoms with E-state index in [1.165, 1.54) is 6.42 Å². The van der Waals surface area contributed by atoms with E-state index in [1.54, 1.807) is 0 Å². The summed E-state index contributed by atoms with van der Waals surface area (Å²) in [6.07, 6.45) is 10.2. The first-order valence-corrected chi connectivity index (χ1v) is 13.1. The first kappa shape index (κ1) is 25.5. The Morgan fingerprint density at radius 2 is 1.63 bits per heavy atom. The normalized spacial score (nSPS) is 35.3. The zero-order valence-corrected chi connectivity index (χ0v) is 20.8. The maximum absolute atomic E-state index is 13.8. The monoisotopic (exact) mass is 478 g/mol. The third kappa shape index (κ3) is 3.71. The Bertz CT molecular complexity index is 960. The molecule has 0 amide bonds. The molecule has 3 aliphatic rings. The first-order valence-electron chi connectivity index (χ1n) is 13.1. The van der Waals surface area contributed by atoms with Gasteiger partial charge in [-0.25, -0.2) is 16.6 Å². The number of hydrogen-bond donors (Lipinski definition) is 3. The van der Waals surface area contributed by atoms with E-state index >= 15 is 0 Å². The van der Waals surface area contributed by atoms with Crippen molar-refractivity contribution in [1.29, 1.82) is 16.6 Å². The average molecular weight is 479 g/mol. The number of aldehydes is 1. The van der Waals surface area contributed by atoms with E-state index in [9.17, 15) is 9.59 Å². The third-order valence-electron chi connectivity index (χ3n) is 9.82. The molecule has 3 fully saturated rings. The molecular weight excluding hydrogens is 440 g/mol. The van der Waals surface area contributed by atoms with E-state index in [1.807, 2.05) is 30.3 Å². The fourth-order valence-corrected chi connectivity index (χ4v) is 8.09. The van der Waals surface area contributed by atoms with E-state index in [-0.39, 0.29) is 23.5 Å². The van der Waals surface area contributed by atoms with Crippen molar-refractivity contribution in [1.82, 2.24) is 0 Å². The van der Waals surface area contributed by atoms with Crippen LogP contribution in [0.4, 0.5) is 0 Å². The summed E-state index contributed by atoms with van der Waals surface area (Å²) in [7, 11) is 0. The zero-order valence-electron chi connectivity index (χ0n) is 20.8. The standard InChI is InChI=1S/C27H38N6O2/c1-2-11-24(12-7-4-8-13-24)22(19-34)26(32-29)16-14-25(15-17-26)23(35)21(31-28)18-27(25,33-30)20-9-5-3-6-10-20/h3,5-6,9-10,19,21-22,28-30H,2,4,7-8,11-18H2,1H3. The predicted molar refractivity (Wildman–Crippen MR) is 131 cm³/mol. The molecular formula is C27H38N6O2. The lowest BCUT2D eigenvalue weighted by atomic mass is 9.51. The second kappa shape index (κ2) is 9.78. The molecule has 1 aromatic rings. The van der Waals surface area contributed by atoms with Crippen molar-refractivity contribution < 1.29 is 9.59 Å². The Morgan fingerprint density at radius 3 is 2.14 bits per heavy atom. The fourth-order valence-electron chi connectivity index (χ4n) is 8.09. The molecule has 8 nitrogen and oxygen atoms in total. The van der Waals surface area contributed by atoms with Crippen LogP contribution in [0.5, 0.6) is 0 Å². The van der Waals surface area contributed by atoms with Crippen molar-refractivity contribution in [2.24, 2.45) is 32.1 Å². The molecule has 188 valence electrons. The number of ketones is 1. The van der Waals surface area contributed by atoms with Gasteiger partial charge in [0.2, 0.25) is 0 Å². The highest BCUT2D eigenvalue weighted by Crippen LogP contribution is 2.64. The van der Waals surface area contributed by atoms with Gasteiger partial charge in [-0.3, -0.25) is 4.79 Å². The van der Waals surface area contributed by atoms with Crippen molar-refractivity contribution in [3.8, 4) is 0 Å². The van der Waals surface area contributed by atoms with Crippen LogP contribution in [0.2, 0.25) is 0 Å². The van der Waals surface area contributed by atoms with Crippen LogP contribution in [0.1, 0.15) is 89.5 Å². The fraction of sp³-hybridized carbons (Fsp3) is 0.704. The van der Waals surface area contributed by atoms with Crippen LogP contribution >= 0.6 is 0 Å². The van der Waals surface area contributed by atoms with Crippen molar-refractivity contribution >= 4 is 12.1 Å². The molecule has 1 spiro atoms. The number of Topliss-reactive ketones (excluding diaryl/α,β-unsaturated/α-hetero) is 1. The Hall–Kier alpha value is -2.64. The van der Waals surface area contributed by atoms with Crippen molar-refractivity contribution in [3.05, 3.63) is 35.9 Å².